The highest BCUT2D eigenvalue weighted by Gasteiger charge is 2.19. The van der Waals surface area contributed by atoms with Crippen LogP contribution in [0.1, 0.15) is 329 Å². The highest BCUT2D eigenvalue weighted by Crippen LogP contribution is 2.17. The van der Waals surface area contributed by atoms with E-state index in [1.807, 2.05) is 0 Å². The summed E-state index contributed by atoms with van der Waals surface area (Å²) in [6.45, 7) is 6.42. The summed E-state index contributed by atoms with van der Waals surface area (Å²) in [5.74, 6) is -0.900. The van der Waals surface area contributed by atoms with Gasteiger partial charge in [-0.1, -0.05) is 303 Å². The molecule has 0 N–H and O–H groups in total. The molecule has 0 radical (unpaired) electrons. The van der Waals surface area contributed by atoms with Gasteiger partial charge in [0.1, 0.15) is 13.2 Å². The van der Waals surface area contributed by atoms with Crippen molar-refractivity contribution in [1.29, 1.82) is 0 Å². The van der Waals surface area contributed by atoms with E-state index in [4.69, 9.17) is 14.2 Å². The Morgan fingerprint density at radius 3 is 0.735 bits per heavy atom. The van der Waals surface area contributed by atoms with Gasteiger partial charge in [-0.05, 0) is 128 Å². The van der Waals surface area contributed by atoms with E-state index in [1.165, 1.54) is 154 Å². The molecule has 0 aliphatic carbocycles. The van der Waals surface area contributed by atoms with Crippen LogP contribution in [0.15, 0.2) is 122 Å². The number of carbonyl (C=O) groups is 3. The van der Waals surface area contributed by atoms with Gasteiger partial charge in [0, 0.05) is 19.3 Å². The molecule has 0 amide bonds. The highest BCUT2D eigenvalue weighted by molar-refractivity contribution is 5.71. The van der Waals surface area contributed by atoms with Crippen LogP contribution in [0.2, 0.25) is 0 Å². The maximum Gasteiger partial charge on any atom is 0.306 e. The monoisotopic (exact) mass is 1150 g/mol. The Morgan fingerprint density at radius 2 is 0.470 bits per heavy atom. The van der Waals surface area contributed by atoms with Gasteiger partial charge in [0.15, 0.2) is 6.10 Å². The van der Waals surface area contributed by atoms with Crippen LogP contribution in [0, 0.1) is 0 Å². The predicted octanol–water partition coefficient (Wildman–Crippen LogP) is 24.3. The molecule has 1 unspecified atom stereocenters. The molecule has 0 aromatic carbocycles. The van der Waals surface area contributed by atoms with E-state index in [0.717, 1.165) is 135 Å². The molecule has 0 saturated heterocycles. The predicted molar refractivity (Wildman–Crippen MR) is 362 cm³/mol. The molecule has 83 heavy (non-hydrogen) atoms. The zero-order valence-corrected chi connectivity index (χ0v) is 54.4. The molecular weight excluding hydrogens is 1020 g/mol. The van der Waals surface area contributed by atoms with Gasteiger partial charge in [-0.2, -0.15) is 0 Å². The van der Waals surface area contributed by atoms with Crippen molar-refractivity contribution >= 4 is 17.9 Å². The third-order valence-corrected chi connectivity index (χ3v) is 14.9. The van der Waals surface area contributed by atoms with Crippen molar-refractivity contribution in [2.24, 2.45) is 0 Å². The third-order valence-electron chi connectivity index (χ3n) is 14.9. The van der Waals surface area contributed by atoms with Gasteiger partial charge in [-0.15, -0.1) is 0 Å². The van der Waals surface area contributed by atoms with E-state index in [9.17, 15) is 14.4 Å². The van der Waals surface area contributed by atoms with Gasteiger partial charge >= 0.3 is 17.9 Å². The molecule has 0 aliphatic rings. The zero-order valence-electron chi connectivity index (χ0n) is 54.4. The van der Waals surface area contributed by atoms with Crippen molar-refractivity contribution < 1.29 is 28.6 Å². The number of rotatable bonds is 63. The largest absolute Gasteiger partial charge is 0.462 e. The van der Waals surface area contributed by atoms with Crippen molar-refractivity contribution in [2.75, 3.05) is 13.2 Å². The molecule has 0 saturated carbocycles. The van der Waals surface area contributed by atoms with Crippen LogP contribution in [0.5, 0.6) is 0 Å². The zero-order chi connectivity index (χ0) is 59.9. The van der Waals surface area contributed by atoms with Gasteiger partial charge in [-0.3, -0.25) is 14.4 Å². The second kappa shape index (κ2) is 70.3. The van der Waals surface area contributed by atoms with E-state index in [0.29, 0.717) is 19.3 Å². The van der Waals surface area contributed by atoms with E-state index in [2.05, 4.69) is 142 Å². The fourth-order valence-corrected chi connectivity index (χ4v) is 9.75. The molecule has 0 aromatic heterocycles. The van der Waals surface area contributed by atoms with Gasteiger partial charge in [0.25, 0.3) is 0 Å². The van der Waals surface area contributed by atoms with E-state index in [-0.39, 0.29) is 31.1 Å². The molecule has 0 aromatic rings. The minimum absolute atomic E-state index is 0.0876. The van der Waals surface area contributed by atoms with Crippen LogP contribution in [0.4, 0.5) is 0 Å². The minimum Gasteiger partial charge on any atom is -0.462 e. The lowest BCUT2D eigenvalue weighted by atomic mass is 10.0. The van der Waals surface area contributed by atoms with Crippen LogP contribution < -0.4 is 0 Å². The fourth-order valence-electron chi connectivity index (χ4n) is 9.75. The summed E-state index contributed by atoms with van der Waals surface area (Å²) < 4.78 is 17.0. The summed E-state index contributed by atoms with van der Waals surface area (Å²) in [6, 6.07) is 0. The van der Waals surface area contributed by atoms with Crippen molar-refractivity contribution in [3.63, 3.8) is 0 Å². The molecule has 6 nitrogen and oxygen atoms in total. The number of carbonyl (C=O) groups excluding carboxylic acids is 3. The molecule has 0 fully saturated rings. The van der Waals surface area contributed by atoms with Crippen molar-refractivity contribution in [2.45, 2.75) is 335 Å². The van der Waals surface area contributed by atoms with Crippen molar-refractivity contribution in [3.05, 3.63) is 122 Å². The topological polar surface area (TPSA) is 78.9 Å². The van der Waals surface area contributed by atoms with Crippen LogP contribution in [0.25, 0.3) is 0 Å². The number of unbranched alkanes of at least 4 members (excludes halogenated alkanes) is 32. The lowest BCUT2D eigenvalue weighted by Crippen LogP contribution is -2.30. The molecule has 0 heterocycles. The average Bonchev–Trinajstić information content (AvgIpc) is 3.49. The molecule has 1 atom stereocenters. The first-order valence-electron chi connectivity index (χ1n) is 35.0. The number of allylic oxidation sites excluding steroid dienone is 20. The summed E-state index contributed by atoms with van der Waals surface area (Å²) in [7, 11) is 0. The number of ether oxygens (including phenoxy) is 3. The van der Waals surface area contributed by atoms with Gasteiger partial charge in [0.05, 0.1) is 0 Å². The molecule has 0 spiro atoms. The Labute approximate surface area is 513 Å². The summed E-state index contributed by atoms with van der Waals surface area (Å²) in [4.78, 5) is 38.5. The van der Waals surface area contributed by atoms with Gasteiger partial charge < -0.3 is 14.2 Å². The van der Waals surface area contributed by atoms with Gasteiger partial charge in [0.2, 0.25) is 0 Å². The third kappa shape index (κ3) is 68.5. The average molecular weight is 1150 g/mol. The molecule has 0 bridgehead atoms. The van der Waals surface area contributed by atoms with E-state index >= 15 is 0 Å². The van der Waals surface area contributed by atoms with Crippen LogP contribution in [-0.4, -0.2) is 37.2 Å². The molecule has 0 aliphatic heterocycles. The standard InChI is InChI=1S/C77H130O6/c1-4-7-10-13-16-19-22-25-28-31-33-35-36-37-38-39-40-42-43-46-49-52-55-58-61-64-67-70-76(79)82-73-74(72-81-75(78)69-66-63-60-57-54-51-48-45-30-27-24-21-18-15-12-9-6-3)83-77(80)71-68-65-62-59-56-53-50-47-44-41-34-32-29-26-23-20-17-14-11-8-5-2/h7,9-10,12,16,18-19,21,23,25-28,30,32-35,44,47,74H,4-6,8,11,13-15,17,20,22,24,29,31,36-43,45-46,48-73H2,1-3H3/b10-7-,12-9-,19-16-,21-18-,26-23-,28-25-,30-27-,34-32-,35-33-,47-44-. The SMILES string of the molecule is CC/C=C\C/C=C\C/C=C\C/C=C\CCCCCCCCCCCCCCCCC(=O)OCC(COC(=O)CCCCCCCCC/C=C\C/C=C\C/C=C\CC)OC(=O)CCCCCCCC/C=C\C/C=C\C/C=C\CCCCCCC. The summed E-state index contributed by atoms with van der Waals surface area (Å²) >= 11 is 0. The first kappa shape index (κ1) is 78.8. The first-order chi connectivity index (χ1) is 41.0. The second-order valence-electron chi connectivity index (χ2n) is 23.0. The Bertz CT molecular complexity index is 1700. The summed E-state index contributed by atoms with van der Waals surface area (Å²) in [6.07, 6.45) is 97.8. The lowest BCUT2D eigenvalue weighted by Gasteiger charge is -2.18. The highest BCUT2D eigenvalue weighted by atomic mass is 16.6. The second-order valence-corrected chi connectivity index (χ2v) is 23.0. The quantitative estimate of drug-likeness (QED) is 0.0261. The molecule has 6 heteroatoms. The Balaban J connectivity index is 4.37. The lowest BCUT2D eigenvalue weighted by molar-refractivity contribution is -0.167. The number of hydrogen-bond donors (Lipinski definition) is 0. The molecule has 474 valence electrons. The smallest absolute Gasteiger partial charge is 0.306 e. The molecule has 0 rings (SSSR count). The van der Waals surface area contributed by atoms with Crippen LogP contribution in [0.3, 0.4) is 0 Å². The summed E-state index contributed by atoms with van der Waals surface area (Å²) in [5, 5.41) is 0. The van der Waals surface area contributed by atoms with Crippen LogP contribution in [-0.2, 0) is 28.6 Å². The normalized spacial score (nSPS) is 12.9. The maximum absolute atomic E-state index is 13.0. The van der Waals surface area contributed by atoms with Crippen LogP contribution >= 0.6 is 0 Å². The van der Waals surface area contributed by atoms with Crippen molar-refractivity contribution in [3.8, 4) is 0 Å². The number of esters is 3. The Hall–Kier alpha value is -4.19. The first-order valence-corrected chi connectivity index (χ1v) is 35.0. The van der Waals surface area contributed by atoms with E-state index in [1.54, 1.807) is 0 Å². The van der Waals surface area contributed by atoms with Gasteiger partial charge in [-0.25, -0.2) is 0 Å². The summed E-state index contributed by atoms with van der Waals surface area (Å²) in [5.41, 5.74) is 0. The fraction of sp³-hybridized carbons (Fsp3) is 0.701. The van der Waals surface area contributed by atoms with E-state index < -0.39 is 6.10 Å². The Kier molecular flexibility index (Phi) is 66.7. The Morgan fingerprint density at radius 1 is 0.253 bits per heavy atom. The molecular formula is C77H130O6. The number of hydrogen-bond acceptors (Lipinski definition) is 6. The minimum atomic E-state index is -0.794. The maximum atomic E-state index is 13.0. The van der Waals surface area contributed by atoms with Crippen molar-refractivity contribution in [1.82, 2.24) is 0 Å².